The minimum Gasteiger partial charge on any atom is -0.395 e. The van der Waals surface area contributed by atoms with E-state index in [1.54, 1.807) is 0 Å². The van der Waals surface area contributed by atoms with Crippen LogP contribution in [-0.4, -0.2) is 71.5 Å². The smallest absolute Gasteiger partial charge is 0.0900 e. The third-order valence-corrected chi connectivity index (χ3v) is 4.20. The van der Waals surface area contributed by atoms with Crippen molar-refractivity contribution in [2.75, 3.05) is 39.8 Å². The van der Waals surface area contributed by atoms with Crippen LogP contribution in [0.5, 0.6) is 0 Å². The second-order valence-corrected chi connectivity index (χ2v) is 5.87. The molecule has 2 N–H and O–H groups in total. The van der Waals surface area contributed by atoms with Crippen LogP contribution in [0.4, 0.5) is 0 Å². The predicted molar refractivity (Wildman–Crippen MR) is 68.0 cm³/mol. The molecular formula is C13H26N2O2. The van der Waals surface area contributed by atoms with Gasteiger partial charge in [0.05, 0.1) is 12.2 Å². The van der Waals surface area contributed by atoms with Crippen molar-refractivity contribution in [1.82, 2.24) is 9.80 Å². The lowest BCUT2D eigenvalue weighted by molar-refractivity contribution is -0.0643. The van der Waals surface area contributed by atoms with Crippen molar-refractivity contribution >= 4 is 0 Å². The largest absolute Gasteiger partial charge is 0.395 e. The quantitative estimate of drug-likeness (QED) is 0.747. The molecule has 0 aromatic heterocycles. The first kappa shape index (κ1) is 13.3. The normalized spacial score (nSPS) is 37.2. The van der Waals surface area contributed by atoms with Crippen molar-refractivity contribution < 1.29 is 10.2 Å². The van der Waals surface area contributed by atoms with Gasteiger partial charge >= 0.3 is 0 Å². The molecule has 0 amide bonds. The van der Waals surface area contributed by atoms with E-state index in [1.165, 1.54) is 12.8 Å². The van der Waals surface area contributed by atoms with Crippen molar-refractivity contribution in [3.8, 4) is 0 Å². The second kappa shape index (κ2) is 5.65. The summed E-state index contributed by atoms with van der Waals surface area (Å²) in [6, 6.07) is 0.264. The summed E-state index contributed by atoms with van der Waals surface area (Å²) < 4.78 is 0. The summed E-state index contributed by atoms with van der Waals surface area (Å²) in [6.45, 7) is 3.83. The lowest BCUT2D eigenvalue weighted by Crippen LogP contribution is -2.56. The number of aliphatic hydroxyl groups excluding tert-OH is 1. The zero-order chi connectivity index (χ0) is 12.3. The highest BCUT2D eigenvalue weighted by Crippen LogP contribution is 2.25. The van der Waals surface area contributed by atoms with Crippen LogP contribution in [0.3, 0.4) is 0 Å². The Morgan fingerprint density at radius 3 is 2.76 bits per heavy atom. The lowest BCUT2D eigenvalue weighted by Gasteiger charge is -2.44. The fraction of sp³-hybridized carbons (Fsp3) is 1.00. The summed E-state index contributed by atoms with van der Waals surface area (Å²) in [5.41, 5.74) is -0.572. The molecule has 0 aromatic rings. The highest BCUT2D eigenvalue weighted by Gasteiger charge is 2.36. The van der Waals surface area contributed by atoms with Gasteiger partial charge in [0.1, 0.15) is 0 Å². The Hall–Kier alpha value is -0.160. The van der Waals surface area contributed by atoms with Crippen LogP contribution in [0.1, 0.15) is 32.1 Å². The van der Waals surface area contributed by atoms with Crippen molar-refractivity contribution in [3.05, 3.63) is 0 Å². The predicted octanol–water partition coefficient (Wildman–Crippen LogP) is 0.290. The van der Waals surface area contributed by atoms with Crippen molar-refractivity contribution in [2.45, 2.75) is 43.7 Å². The summed E-state index contributed by atoms with van der Waals surface area (Å²) in [7, 11) is 2.07. The van der Waals surface area contributed by atoms with E-state index in [9.17, 15) is 10.2 Å². The molecule has 0 bridgehead atoms. The fourth-order valence-corrected chi connectivity index (χ4v) is 3.32. The molecule has 2 fully saturated rings. The van der Waals surface area contributed by atoms with Gasteiger partial charge in [-0.15, -0.1) is 0 Å². The summed E-state index contributed by atoms with van der Waals surface area (Å²) >= 11 is 0. The fourth-order valence-electron chi connectivity index (χ4n) is 3.32. The molecule has 0 aromatic carbocycles. The van der Waals surface area contributed by atoms with Crippen LogP contribution in [0.15, 0.2) is 0 Å². The SMILES string of the molecule is CN1CCC[C@@](O)(CN2CCCC[C@H]2CO)C1. The maximum atomic E-state index is 10.6. The summed E-state index contributed by atoms with van der Waals surface area (Å²) in [5.74, 6) is 0. The molecule has 4 heteroatoms. The number of piperidine rings is 2. The van der Waals surface area contributed by atoms with Gasteiger partial charge in [0.25, 0.3) is 0 Å². The van der Waals surface area contributed by atoms with Gasteiger partial charge in [-0.1, -0.05) is 6.42 Å². The van der Waals surface area contributed by atoms with Gasteiger partial charge in [-0.05, 0) is 45.8 Å². The van der Waals surface area contributed by atoms with Crippen LogP contribution in [-0.2, 0) is 0 Å². The minimum atomic E-state index is -0.572. The van der Waals surface area contributed by atoms with Crippen LogP contribution in [0, 0.1) is 0 Å². The third-order valence-electron chi connectivity index (χ3n) is 4.20. The van der Waals surface area contributed by atoms with E-state index in [2.05, 4.69) is 16.8 Å². The Kier molecular flexibility index (Phi) is 4.42. The van der Waals surface area contributed by atoms with Crippen molar-refractivity contribution in [3.63, 3.8) is 0 Å². The Balaban J connectivity index is 1.93. The number of nitrogens with zero attached hydrogens (tertiary/aromatic N) is 2. The molecular weight excluding hydrogens is 216 g/mol. The summed E-state index contributed by atoms with van der Waals surface area (Å²) in [6.07, 6.45) is 5.45. The second-order valence-electron chi connectivity index (χ2n) is 5.87. The third kappa shape index (κ3) is 3.41. The number of likely N-dealkylation sites (tertiary alicyclic amines) is 2. The maximum absolute atomic E-state index is 10.6. The molecule has 0 aliphatic carbocycles. The van der Waals surface area contributed by atoms with E-state index in [0.29, 0.717) is 0 Å². The maximum Gasteiger partial charge on any atom is 0.0900 e. The molecule has 0 unspecified atom stereocenters. The topological polar surface area (TPSA) is 46.9 Å². The molecule has 0 saturated carbocycles. The zero-order valence-corrected chi connectivity index (χ0v) is 10.9. The zero-order valence-electron chi connectivity index (χ0n) is 10.9. The van der Waals surface area contributed by atoms with Crippen LogP contribution < -0.4 is 0 Å². The monoisotopic (exact) mass is 242 g/mol. The lowest BCUT2D eigenvalue weighted by atomic mass is 9.90. The highest BCUT2D eigenvalue weighted by molar-refractivity contribution is 4.91. The Morgan fingerprint density at radius 2 is 2.06 bits per heavy atom. The first-order chi connectivity index (χ1) is 8.13. The molecule has 2 aliphatic heterocycles. The summed E-state index contributed by atoms with van der Waals surface area (Å²) in [5, 5.41) is 20.0. The van der Waals surface area contributed by atoms with Gasteiger partial charge in [0.2, 0.25) is 0 Å². The number of β-amino-alcohol motifs (C(OH)–C–C–N with tert-alkyl or cyclic N) is 1. The van der Waals surface area contributed by atoms with Gasteiger partial charge in [-0.25, -0.2) is 0 Å². The van der Waals surface area contributed by atoms with Crippen LogP contribution in [0.2, 0.25) is 0 Å². The number of likely N-dealkylation sites (N-methyl/N-ethyl adjacent to an activating group) is 1. The first-order valence-corrected chi connectivity index (χ1v) is 6.89. The summed E-state index contributed by atoms with van der Waals surface area (Å²) in [4.78, 5) is 4.50. The molecule has 2 saturated heterocycles. The highest BCUT2D eigenvalue weighted by atomic mass is 16.3. The number of hydrogen-bond donors (Lipinski definition) is 2. The molecule has 4 nitrogen and oxygen atoms in total. The van der Waals surface area contributed by atoms with Gasteiger partial charge in [-0.3, -0.25) is 4.90 Å². The minimum absolute atomic E-state index is 0.228. The van der Waals surface area contributed by atoms with Gasteiger partial charge in [0, 0.05) is 19.1 Å². The molecule has 0 radical (unpaired) electrons. The molecule has 2 aliphatic rings. The molecule has 100 valence electrons. The van der Waals surface area contributed by atoms with E-state index >= 15 is 0 Å². The number of hydrogen-bond acceptors (Lipinski definition) is 4. The van der Waals surface area contributed by atoms with Gasteiger partial charge < -0.3 is 15.1 Å². The molecule has 17 heavy (non-hydrogen) atoms. The average Bonchev–Trinajstić information content (AvgIpc) is 2.29. The van der Waals surface area contributed by atoms with E-state index in [4.69, 9.17) is 0 Å². The molecule has 2 heterocycles. The van der Waals surface area contributed by atoms with Crippen LogP contribution in [0.25, 0.3) is 0 Å². The van der Waals surface area contributed by atoms with Gasteiger partial charge in [0.15, 0.2) is 0 Å². The molecule has 2 atom stereocenters. The van der Waals surface area contributed by atoms with E-state index < -0.39 is 5.60 Å². The van der Waals surface area contributed by atoms with E-state index in [0.717, 1.165) is 45.4 Å². The number of rotatable bonds is 3. The number of aliphatic hydroxyl groups is 2. The Labute approximate surface area is 104 Å². The standard InChI is InChI=1S/C13H26N2O2/c1-14-7-4-6-13(17,10-14)11-15-8-3-2-5-12(15)9-16/h12,16-17H,2-11H2,1H3/t12-,13-/m0/s1. The average molecular weight is 242 g/mol. The Bertz CT molecular complexity index is 250. The van der Waals surface area contributed by atoms with Crippen molar-refractivity contribution in [2.24, 2.45) is 0 Å². The van der Waals surface area contributed by atoms with Gasteiger partial charge in [-0.2, -0.15) is 0 Å². The van der Waals surface area contributed by atoms with E-state index in [-0.39, 0.29) is 12.6 Å². The molecule has 0 spiro atoms. The van der Waals surface area contributed by atoms with E-state index in [1.807, 2.05) is 0 Å². The molecule has 2 rings (SSSR count). The van der Waals surface area contributed by atoms with Crippen LogP contribution >= 0.6 is 0 Å². The first-order valence-electron chi connectivity index (χ1n) is 6.89. The Morgan fingerprint density at radius 1 is 1.24 bits per heavy atom. The van der Waals surface area contributed by atoms with Crippen molar-refractivity contribution in [1.29, 1.82) is 0 Å².